The molecule has 0 aromatic carbocycles. The van der Waals surface area contributed by atoms with Gasteiger partial charge in [0, 0.05) is 18.6 Å². The third-order valence-corrected chi connectivity index (χ3v) is 4.35. The number of fused-ring (bicyclic) bond motifs is 2. The molecule has 3 heterocycles. The Balaban J connectivity index is 1.77. The lowest BCUT2D eigenvalue weighted by Gasteiger charge is -2.26. The Morgan fingerprint density at radius 2 is 2.12 bits per heavy atom. The molecule has 0 fully saturated rings. The summed E-state index contributed by atoms with van der Waals surface area (Å²) >= 11 is 0. The van der Waals surface area contributed by atoms with Crippen LogP contribution in [0.1, 0.15) is 35.6 Å². The summed E-state index contributed by atoms with van der Waals surface area (Å²) < 4.78 is 39.7. The summed E-state index contributed by atoms with van der Waals surface area (Å²) in [5, 5.41) is 3.14. The number of aryl methyl sites for hydroxylation is 1. The molecule has 0 amide bonds. The average molecular weight is 333 g/mol. The molecule has 24 heavy (non-hydrogen) atoms. The van der Waals surface area contributed by atoms with E-state index in [9.17, 15) is 13.2 Å². The Kier molecular flexibility index (Phi) is 3.40. The molecule has 0 saturated heterocycles. The molecule has 8 heteroatoms. The first-order valence-electron chi connectivity index (χ1n) is 7.62. The molecule has 0 radical (unpaired) electrons. The first-order chi connectivity index (χ1) is 11.5. The maximum atomic E-state index is 13.2. The predicted octanol–water partition coefficient (Wildman–Crippen LogP) is 3.86. The van der Waals surface area contributed by atoms with Crippen LogP contribution < -0.4 is 5.32 Å². The van der Waals surface area contributed by atoms with Crippen molar-refractivity contribution in [2.45, 2.75) is 31.5 Å². The second-order valence-corrected chi connectivity index (χ2v) is 5.81. The van der Waals surface area contributed by atoms with Crippen molar-refractivity contribution in [3.63, 3.8) is 0 Å². The minimum Gasteiger partial charge on any atom is -0.363 e. The summed E-state index contributed by atoms with van der Waals surface area (Å²) in [6, 6.07) is 1.84. The Hall–Kier alpha value is -2.64. The summed E-state index contributed by atoms with van der Waals surface area (Å²) in [7, 11) is 0. The van der Waals surface area contributed by atoms with Gasteiger partial charge in [-0.3, -0.25) is 4.98 Å². The largest absolute Gasteiger partial charge is 0.418 e. The number of nitrogens with one attached hydrogen (secondary N) is 2. The van der Waals surface area contributed by atoms with Gasteiger partial charge < -0.3 is 10.3 Å². The molecule has 124 valence electrons. The molecular weight excluding hydrogens is 319 g/mol. The highest BCUT2D eigenvalue weighted by molar-refractivity contribution is 5.91. The maximum Gasteiger partial charge on any atom is 0.418 e. The van der Waals surface area contributed by atoms with E-state index >= 15 is 0 Å². The van der Waals surface area contributed by atoms with Crippen LogP contribution in [0, 0.1) is 0 Å². The molecule has 3 aromatic rings. The summed E-state index contributed by atoms with van der Waals surface area (Å²) in [5.74, 6) is 0.190. The third-order valence-electron chi connectivity index (χ3n) is 4.35. The van der Waals surface area contributed by atoms with Crippen molar-refractivity contribution < 1.29 is 13.2 Å². The Bertz CT molecular complexity index is 887. The van der Waals surface area contributed by atoms with Crippen molar-refractivity contribution in [1.82, 2.24) is 19.9 Å². The lowest BCUT2D eigenvalue weighted by molar-refractivity contribution is -0.136. The van der Waals surface area contributed by atoms with E-state index in [0.29, 0.717) is 0 Å². The lowest BCUT2D eigenvalue weighted by atomic mass is 9.89. The molecule has 5 nitrogen and oxygen atoms in total. The zero-order chi connectivity index (χ0) is 16.7. The first kappa shape index (κ1) is 14.9. The molecule has 4 rings (SSSR count). The Morgan fingerprint density at radius 1 is 1.25 bits per heavy atom. The van der Waals surface area contributed by atoms with Crippen molar-refractivity contribution in [3.05, 3.63) is 47.7 Å². The van der Waals surface area contributed by atoms with Gasteiger partial charge in [0.1, 0.15) is 17.8 Å². The molecule has 0 bridgehead atoms. The van der Waals surface area contributed by atoms with Crippen LogP contribution in [-0.4, -0.2) is 19.9 Å². The van der Waals surface area contributed by atoms with Gasteiger partial charge in [-0.1, -0.05) is 0 Å². The monoisotopic (exact) mass is 333 g/mol. The van der Waals surface area contributed by atoms with Gasteiger partial charge in [0.05, 0.1) is 17.0 Å². The number of hydrogen-bond acceptors (Lipinski definition) is 4. The number of aromatic nitrogens is 4. The molecule has 0 saturated carbocycles. The number of anilines is 1. The number of halogens is 3. The molecule has 0 aliphatic heterocycles. The van der Waals surface area contributed by atoms with E-state index in [-0.39, 0.29) is 22.9 Å². The number of aromatic amines is 1. The van der Waals surface area contributed by atoms with E-state index in [1.807, 2.05) is 6.07 Å². The highest BCUT2D eigenvalue weighted by atomic mass is 19.4. The summed E-state index contributed by atoms with van der Waals surface area (Å²) in [5.41, 5.74) is 1.59. The van der Waals surface area contributed by atoms with Gasteiger partial charge in [0.2, 0.25) is 0 Å². The molecule has 1 atom stereocenters. The van der Waals surface area contributed by atoms with E-state index in [1.54, 1.807) is 12.4 Å². The second kappa shape index (κ2) is 5.47. The van der Waals surface area contributed by atoms with E-state index in [0.717, 1.165) is 31.0 Å². The van der Waals surface area contributed by atoms with E-state index in [2.05, 4.69) is 25.3 Å². The van der Waals surface area contributed by atoms with Crippen LogP contribution in [0.5, 0.6) is 0 Å². The number of rotatable bonds is 2. The fraction of sp³-hybridized carbons (Fsp3) is 0.312. The van der Waals surface area contributed by atoms with Gasteiger partial charge >= 0.3 is 6.18 Å². The molecule has 2 N–H and O–H groups in total. The van der Waals surface area contributed by atoms with Crippen LogP contribution in [0.25, 0.3) is 11.0 Å². The van der Waals surface area contributed by atoms with Crippen LogP contribution in [0.3, 0.4) is 0 Å². The van der Waals surface area contributed by atoms with Crippen molar-refractivity contribution in [2.24, 2.45) is 0 Å². The zero-order valence-electron chi connectivity index (χ0n) is 12.6. The van der Waals surface area contributed by atoms with Crippen molar-refractivity contribution in [2.75, 3.05) is 5.32 Å². The fourth-order valence-corrected chi connectivity index (χ4v) is 3.24. The first-order valence-corrected chi connectivity index (χ1v) is 7.62. The van der Waals surface area contributed by atoms with Crippen LogP contribution >= 0.6 is 0 Å². The van der Waals surface area contributed by atoms with Crippen LogP contribution in [0.2, 0.25) is 0 Å². The molecule has 1 unspecified atom stereocenters. The van der Waals surface area contributed by atoms with Crippen molar-refractivity contribution in [1.29, 1.82) is 0 Å². The molecule has 1 aliphatic carbocycles. The van der Waals surface area contributed by atoms with E-state index < -0.39 is 11.7 Å². The Morgan fingerprint density at radius 3 is 2.96 bits per heavy atom. The lowest BCUT2D eigenvalue weighted by Crippen LogP contribution is -2.18. The Labute approximate surface area is 135 Å². The number of hydrogen-bond donors (Lipinski definition) is 2. The van der Waals surface area contributed by atoms with Crippen LogP contribution in [0.4, 0.5) is 19.0 Å². The summed E-state index contributed by atoms with van der Waals surface area (Å²) in [6.45, 7) is 0. The molecule has 0 spiro atoms. The van der Waals surface area contributed by atoms with Crippen LogP contribution in [-0.2, 0) is 12.6 Å². The third kappa shape index (κ3) is 2.47. The summed E-state index contributed by atoms with van der Waals surface area (Å²) in [4.78, 5) is 14.7. The minimum atomic E-state index is -4.47. The van der Waals surface area contributed by atoms with Crippen molar-refractivity contribution in [3.8, 4) is 0 Å². The zero-order valence-corrected chi connectivity index (χ0v) is 12.6. The summed E-state index contributed by atoms with van der Waals surface area (Å²) in [6.07, 6.45) is 3.95. The number of alkyl halides is 3. The highest BCUT2D eigenvalue weighted by Crippen LogP contribution is 2.39. The highest BCUT2D eigenvalue weighted by Gasteiger charge is 2.35. The topological polar surface area (TPSA) is 66.5 Å². The smallest absolute Gasteiger partial charge is 0.363 e. The van der Waals surface area contributed by atoms with Gasteiger partial charge in [-0.2, -0.15) is 13.2 Å². The molecular formula is C16H14F3N5. The maximum absolute atomic E-state index is 13.2. The van der Waals surface area contributed by atoms with Gasteiger partial charge in [-0.05, 0) is 36.5 Å². The normalized spacial score (nSPS) is 17.7. The van der Waals surface area contributed by atoms with Crippen LogP contribution in [0.15, 0.2) is 31.0 Å². The quantitative estimate of drug-likeness (QED) is 0.747. The number of nitrogens with zero attached hydrogens (tertiary/aromatic N) is 3. The van der Waals surface area contributed by atoms with Gasteiger partial charge in [-0.25, -0.2) is 9.97 Å². The van der Waals surface area contributed by atoms with Crippen molar-refractivity contribution >= 4 is 16.9 Å². The molecule has 3 aromatic heterocycles. The number of H-pyrrole nitrogens is 1. The average Bonchev–Trinajstić information content (AvgIpc) is 3.01. The molecule has 1 aliphatic rings. The van der Waals surface area contributed by atoms with Gasteiger partial charge in [-0.15, -0.1) is 0 Å². The SMILES string of the molecule is FC(F)(F)c1c[nH]c2ncnc(NC3CCCc4ccncc43)c12. The van der Waals surface area contributed by atoms with Gasteiger partial charge in [0.25, 0.3) is 0 Å². The predicted molar refractivity (Wildman–Crippen MR) is 82.4 cm³/mol. The van der Waals surface area contributed by atoms with E-state index in [4.69, 9.17) is 0 Å². The standard InChI is InChI=1S/C16H14F3N5/c17-16(18,19)11-7-21-14-13(11)15(23-8-22-14)24-12-3-1-2-9-4-5-20-6-10(9)12/h4-8,12H,1-3H2,(H2,21,22,23,24). The van der Waals surface area contributed by atoms with E-state index in [1.165, 1.54) is 11.9 Å². The minimum absolute atomic E-state index is 0.0268. The second-order valence-electron chi connectivity index (χ2n) is 5.81. The number of pyridine rings is 1. The fourth-order valence-electron chi connectivity index (χ4n) is 3.24. The van der Waals surface area contributed by atoms with Gasteiger partial charge in [0.15, 0.2) is 0 Å².